The first-order valence-corrected chi connectivity index (χ1v) is 7.75. The van der Waals surface area contributed by atoms with Crippen LogP contribution in [-0.4, -0.2) is 6.61 Å². The highest BCUT2D eigenvalue weighted by Gasteiger charge is 2.09. The molecular weight excluding hydrogens is 333 g/mol. The maximum atomic E-state index is 13.3. The van der Waals surface area contributed by atoms with Gasteiger partial charge in [0.25, 0.3) is 0 Å². The molecule has 2 aromatic rings. The minimum absolute atomic E-state index is 0.0820. The highest BCUT2D eigenvalue weighted by atomic mass is 79.9. The molecule has 0 heterocycles. The summed E-state index contributed by atoms with van der Waals surface area (Å²) in [5.74, 6) is 0.626. The average molecular weight is 352 g/mol. The molecule has 1 unspecified atom stereocenters. The van der Waals surface area contributed by atoms with Gasteiger partial charge in [-0.2, -0.15) is 0 Å². The number of halogens is 2. The molecule has 0 saturated carbocycles. The topological polar surface area (TPSA) is 21.3 Å². The molecule has 4 heteroatoms. The quantitative estimate of drug-likeness (QED) is 0.771. The highest BCUT2D eigenvalue weighted by molar-refractivity contribution is 9.10. The second-order valence-corrected chi connectivity index (χ2v) is 5.80. The molecular formula is C17H19BrFNO. The molecule has 0 spiro atoms. The number of nitrogens with one attached hydrogen (secondary N) is 1. The Labute approximate surface area is 133 Å². The molecule has 0 aliphatic rings. The van der Waals surface area contributed by atoms with Gasteiger partial charge in [0, 0.05) is 11.7 Å². The van der Waals surface area contributed by atoms with Gasteiger partial charge in [-0.15, -0.1) is 0 Å². The Morgan fingerprint density at radius 1 is 1.24 bits per heavy atom. The first-order chi connectivity index (χ1) is 10.0. The summed E-state index contributed by atoms with van der Waals surface area (Å²) in [5, 5.41) is 3.44. The normalized spacial score (nSPS) is 12.0. The summed E-state index contributed by atoms with van der Waals surface area (Å²) in [6, 6.07) is 11.1. The van der Waals surface area contributed by atoms with Gasteiger partial charge in [0.2, 0.25) is 0 Å². The van der Waals surface area contributed by atoms with E-state index in [1.54, 1.807) is 12.1 Å². The van der Waals surface area contributed by atoms with Crippen LogP contribution in [0.15, 0.2) is 40.9 Å². The van der Waals surface area contributed by atoms with Crippen LogP contribution in [0.3, 0.4) is 0 Å². The summed E-state index contributed by atoms with van der Waals surface area (Å²) >= 11 is 3.22. The maximum Gasteiger partial charge on any atom is 0.137 e. The number of aryl methyl sites for hydroxylation is 1. The first-order valence-electron chi connectivity index (χ1n) is 6.96. The molecule has 2 rings (SSSR count). The van der Waals surface area contributed by atoms with Crippen LogP contribution in [-0.2, 0) is 0 Å². The molecule has 0 bridgehead atoms. The zero-order valence-corrected chi connectivity index (χ0v) is 14.0. The van der Waals surface area contributed by atoms with Crippen molar-refractivity contribution in [3.05, 3.63) is 57.8 Å². The molecule has 0 aliphatic heterocycles. The van der Waals surface area contributed by atoms with Crippen molar-refractivity contribution in [1.82, 2.24) is 0 Å². The Morgan fingerprint density at radius 2 is 2.00 bits per heavy atom. The Bertz CT molecular complexity index is 630. The van der Waals surface area contributed by atoms with Gasteiger partial charge in [0.05, 0.1) is 11.1 Å². The smallest absolute Gasteiger partial charge is 0.137 e. The van der Waals surface area contributed by atoms with Gasteiger partial charge >= 0.3 is 0 Å². The fourth-order valence-electron chi connectivity index (χ4n) is 2.15. The van der Waals surface area contributed by atoms with E-state index in [1.807, 2.05) is 32.0 Å². The van der Waals surface area contributed by atoms with Crippen LogP contribution in [0.1, 0.15) is 31.0 Å². The summed E-state index contributed by atoms with van der Waals surface area (Å²) in [4.78, 5) is 0. The lowest BCUT2D eigenvalue weighted by Crippen LogP contribution is -2.08. The number of benzene rings is 2. The van der Waals surface area contributed by atoms with Gasteiger partial charge in [0.1, 0.15) is 11.6 Å². The highest BCUT2D eigenvalue weighted by Crippen LogP contribution is 2.27. The molecule has 21 heavy (non-hydrogen) atoms. The molecule has 0 aliphatic carbocycles. The van der Waals surface area contributed by atoms with Gasteiger partial charge in [-0.3, -0.25) is 0 Å². The van der Waals surface area contributed by atoms with Crippen molar-refractivity contribution in [3.63, 3.8) is 0 Å². The van der Waals surface area contributed by atoms with Crippen LogP contribution in [0.25, 0.3) is 0 Å². The third-order valence-corrected chi connectivity index (χ3v) is 3.93. The predicted octanol–water partition coefficient (Wildman–Crippen LogP) is 5.47. The second kappa shape index (κ2) is 6.94. The van der Waals surface area contributed by atoms with Gasteiger partial charge < -0.3 is 10.1 Å². The predicted molar refractivity (Wildman–Crippen MR) is 88.5 cm³/mol. The molecule has 1 N–H and O–H groups in total. The van der Waals surface area contributed by atoms with E-state index in [0.717, 1.165) is 22.6 Å². The fraction of sp³-hybridized carbons (Fsp3) is 0.294. The third kappa shape index (κ3) is 3.97. The van der Waals surface area contributed by atoms with Crippen molar-refractivity contribution < 1.29 is 9.13 Å². The van der Waals surface area contributed by atoms with Gasteiger partial charge in [-0.05, 0) is 78.2 Å². The Morgan fingerprint density at radius 3 is 2.62 bits per heavy atom. The molecule has 1 atom stereocenters. The van der Waals surface area contributed by atoms with Crippen molar-refractivity contribution in [3.8, 4) is 5.75 Å². The van der Waals surface area contributed by atoms with Crippen LogP contribution in [0.2, 0.25) is 0 Å². The van der Waals surface area contributed by atoms with Crippen molar-refractivity contribution in [2.24, 2.45) is 0 Å². The number of ether oxygens (including phenoxy) is 1. The molecule has 0 aromatic heterocycles. The summed E-state index contributed by atoms with van der Waals surface area (Å²) in [6.07, 6.45) is 0. The molecule has 0 amide bonds. The number of rotatable bonds is 5. The summed E-state index contributed by atoms with van der Waals surface area (Å²) in [5.41, 5.74) is 3.19. The SMILES string of the molecule is CCOc1ccc(NC(C)c2ccc(F)c(Br)c2)c(C)c1. The largest absolute Gasteiger partial charge is 0.494 e. The van der Waals surface area contributed by atoms with Gasteiger partial charge in [-0.1, -0.05) is 6.07 Å². The molecule has 0 saturated heterocycles. The molecule has 0 radical (unpaired) electrons. The number of hydrogen-bond acceptors (Lipinski definition) is 2. The van der Waals surface area contributed by atoms with E-state index in [2.05, 4.69) is 28.2 Å². The Balaban J connectivity index is 2.15. The lowest BCUT2D eigenvalue weighted by molar-refractivity contribution is 0.340. The van der Waals surface area contributed by atoms with Crippen LogP contribution in [0.4, 0.5) is 10.1 Å². The minimum atomic E-state index is -0.247. The minimum Gasteiger partial charge on any atom is -0.494 e. The zero-order valence-electron chi connectivity index (χ0n) is 12.4. The zero-order chi connectivity index (χ0) is 15.4. The standard InChI is InChI=1S/C17H19BrFNO/c1-4-21-14-6-8-17(11(2)9-14)20-12(3)13-5-7-16(19)15(18)10-13/h5-10,12,20H,4H2,1-3H3. The lowest BCUT2D eigenvalue weighted by atomic mass is 10.1. The molecule has 0 fully saturated rings. The maximum absolute atomic E-state index is 13.3. The number of hydrogen-bond donors (Lipinski definition) is 1. The first kappa shape index (κ1) is 15.8. The number of anilines is 1. The van der Waals surface area contributed by atoms with Crippen molar-refractivity contribution in [1.29, 1.82) is 0 Å². The van der Waals surface area contributed by atoms with Crippen LogP contribution in [0, 0.1) is 12.7 Å². The van der Waals surface area contributed by atoms with Gasteiger partial charge in [-0.25, -0.2) is 4.39 Å². The average Bonchev–Trinajstić information content (AvgIpc) is 2.45. The van der Waals surface area contributed by atoms with E-state index < -0.39 is 0 Å². The fourth-order valence-corrected chi connectivity index (χ4v) is 2.55. The summed E-state index contributed by atoms with van der Waals surface area (Å²) < 4.78 is 19.3. The van der Waals surface area contributed by atoms with Gasteiger partial charge in [0.15, 0.2) is 0 Å². The van der Waals surface area contributed by atoms with Crippen molar-refractivity contribution in [2.75, 3.05) is 11.9 Å². The third-order valence-electron chi connectivity index (χ3n) is 3.32. The van der Waals surface area contributed by atoms with E-state index in [4.69, 9.17) is 4.74 Å². The Hall–Kier alpha value is -1.55. The van der Waals surface area contributed by atoms with Crippen molar-refractivity contribution >= 4 is 21.6 Å². The van der Waals surface area contributed by atoms with E-state index >= 15 is 0 Å². The monoisotopic (exact) mass is 351 g/mol. The van der Waals surface area contributed by atoms with E-state index in [-0.39, 0.29) is 11.9 Å². The lowest BCUT2D eigenvalue weighted by Gasteiger charge is -2.18. The summed E-state index contributed by atoms with van der Waals surface area (Å²) in [6.45, 7) is 6.72. The Kier molecular flexibility index (Phi) is 5.23. The molecule has 2 aromatic carbocycles. The van der Waals surface area contributed by atoms with E-state index in [0.29, 0.717) is 11.1 Å². The van der Waals surface area contributed by atoms with Crippen LogP contribution < -0.4 is 10.1 Å². The summed E-state index contributed by atoms with van der Waals surface area (Å²) in [7, 11) is 0. The van der Waals surface area contributed by atoms with Crippen LogP contribution >= 0.6 is 15.9 Å². The van der Waals surface area contributed by atoms with Crippen molar-refractivity contribution in [2.45, 2.75) is 26.8 Å². The van der Waals surface area contributed by atoms with Crippen LogP contribution in [0.5, 0.6) is 5.75 Å². The van der Waals surface area contributed by atoms with E-state index in [9.17, 15) is 4.39 Å². The second-order valence-electron chi connectivity index (χ2n) is 4.95. The molecule has 112 valence electrons. The molecule has 2 nitrogen and oxygen atoms in total. The van der Waals surface area contributed by atoms with E-state index in [1.165, 1.54) is 6.07 Å².